The van der Waals surface area contributed by atoms with Crippen LogP contribution in [0, 0.1) is 0 Å². The van der Waals surface area contributed by atoms with Crippen molar-refractivity contribution in [2.45, 2.75) is 64.0 Å². The Hall–Kier alpha value is -0.160. The molecular weight excluding hydrogens is 254 g/mol. The van der Waals surface area contributed by atoms with Gasteiger partial charge in [-0.25, -0.2) is 0 Å². The molecule has 4 nitrogen and oxygen atoms in total. The average molecular weight is 287 g/mol. The quantitative estimate of drug-likeness (QED) is 0.495. The summed E-state index contributed by atoms with van der Waals surface area (Å²) in [6, 6.07) is 0.511. The van der Waals surface area contributed by atoms with Crippen LogP contribution < -0.4 is 5.32 Å². The molecule has 1 N–H and O–H groups in total. The number of nitrogens with one attached hydrogen (secondary N) is 1. The first-order valence-corrected chi connectivity index (χ1v) is 8.12. The fourth-order valence-electron chi connectivity index (χ4n) is 2.70. The first kappa shape index (κ1) is 17.9. The summed E-state index contributed by atoms with van der Waals surface area (Å²) >= 11 is 0. The summed E-state index contributed by atoms with van der Waals surface area (Å²) in [6.07, 6.45) is 7.60. The monoisotopic (exact) mass is 287 g/mol. The zero-order chi connectivity index (χ0) is 14.7. The van der Waals surface area contributed by atoms with Crippen molar-refractivity contribution in [2.24, 2.45) is 0 Å². The van der Waals surface area contributed by atoms with Crippen LogP contribution in [-0.2, 0) is 14.2 Å². The summed E-state index contributed by atoms with van der Waals surface area (Å²) in [6.45, 7) is 7.99. The summed E-state index contributed by atoms with van der Waals surface area (Å²) in [4.78, 5) is 0. The predicted molar refractivity (Wildman–Crippen MR) is 82.2 cm³/mol. The van der Waals surface area contributed by atoms with Gasteiger partial charge in [-0.1, -0.05) is 39.5 Å². The molecule has 0 aromatic rings. The van der Waals surface area contributed by atoms with Crippen molar-refractivity contribution in [3.05, 3.63) is 0 Å². The van der Waals surface area contributed by atoms with Crippen LogP contribution in [0.5, 0.6) is 0 Å². The van der Waals surface area contributed by atoms with E-state index in [2.05, 4.69) is 19.2 Å². The van der Waals surface area contributed by atoms with E-state index in [4.69, 9.17) is 14.2 Å². The van der Waals surface area contributed by atoms with E-state index < -0.39 is 0 Å². The van der Waals surface area contributed by atoms with Crippen LogP contribution >= 0.6 is 0 Å². The molecule has 0 radical (unpaired) electrons. The Morgan fingerprint density at radius 2 is 1.60 bits per heavy atom. The van der Waals surface area contributed by atoms with Gasteiger partial charge in [-0.3, -0.25) is 0 Å². The van der Waals surface area contributed by atoms with Gasteiger partial charge in [0.1, 0.15) is 0 Å². The molecule has 0 heterocycles. The van der Waals surface area contributed by atoms with Crippen LogP contribution in [0.25, 0.3) is 0 Å². The van der Waals surface area contributed by atoms with Crippen molar-refractivity contribution in [1.82, 2.24) is 5.32 Å². The van der Waals surface area contributed by atoms with Gasteiger partial charge in [0.25, 0.3) is 0 Å². The summed E-state index contributed by atoms with van der Waals surface area (Å²) < 4.78 is 16.7. The molecular formula is C16H33NO3. The molecule has 1 fully saturated rings. The van der Waals surface area contributed by atoms with E-state index in [1.165, 1.54) is 38.5 Å². The highest BCUT2D eigenvalue weighted by atomic mass is 16.5. The molecule has 0 atom stereocenters. The molecule has 0 aromatic heterocycles. The van der Waals surface area contributed by atoms with E-state index in [0.29, 0.717) is 32.5 Å². The molecule has 0 spiro atoms. The number of ether oxygens (including phenoxy) is 3. The van der Waals surface area contributed by atoms with Gasteiger partial charge in [0.2, 0.25) is 0 Å². The lowest BCUT2D eigenvalue weighted by Crippen LogP contribution is -2.45. The van der Waals surface area contributed by atoms with Crippen LogP contribution in [-0.4, -0.2) is 51.7 Å². The van der Waals surface area contributed by atoms with Gasteiger partial charge >= 0.3 is 0 Å². The minimum absolute atomic E-state index is 0.0192. The molecule has 1 aliphatic carbocycles. The molecule has 120 valence electrons. The van der Waals surface area contributed by atoms with Gasteiger partial charge in [-0.05, 0) is 12.8 Å². The van der Waals surface area contributed by atoms with Gasteiger partial charge in [0, 0.05) is 19.7 Å². The standard InChI is InChI=1S/C16H33NO3/c1-15(2)17-14-16(8-6-4-5-7-9-16)20-13-12-19-11-10-18-3/h15,17H,4-14H2,1-3H3. The smallest absolute Gasteiger partial charge is 0.0807 e. The second kappa shape index (κ2) is 10.6. The lowest BCUT2D eigenvalue weighted by Gasteiger charge is -2.34. The van der Waals surface area contributed by atoms with E-state index >= 15 is 0 Å². The Morgan fingerprint density at radius 3 is 2.20 bits per heavy atom. The number of hydrogen-bond acceptors (Lipinski definition) is 4. The zero-order valence-corrected chi connectivity index (χ0v) is 13.6. The third-order valence-electron chi connectivity index (χ3n) is 3.91. The number of rotatable bonds is 10. The summed E-state index contributed by atoms with van der Waals surface area (Å²) in [5.74, 6) is 0. The minimum atomic E-state index is 0.0192. The minimum Gasteiger partial charge on any atom is -0.382 e. The zero-order valence-electron chi connectivity index (χ0n) is 13.6. The second-order valence-electron chi connectivity index (χ2n) is 6.09. The highest BCUT2D eigenvalue weighted by molar-refractivity contribution is 4.86. The van der Waals surface area contributed by atoms with Crippen LogP contribution in [0.15, 0.2) is 0 Å². The van der Waals surface area contributed by atoms with Crippen molar-refractivity contribution in [1.29, 1.82) is 0 Å². The maximum Gasteiger partial charge on any atom is 0.0807 e. The Kier molecular flexibility index (Phi) is 9.44. The number of hydrogen-bond donors (Lipinski definition) is 1. The van der Waals surface area contributed by atoms with Crippen molar-refractivity contribution in [3.8, 4) is 0 Å². The van der Waals surface area contributed by atoms with E-state index in [9.17, 15) is 0 Å². The third kappa shape index (κ3) is 7.58. The van der Waals surface area contributed by atoms with Gasteiger partial charge in [0.15, 0.2) is 0 Å². The van der Waals surface area contributed by atoms with E-state index in [1.54, 1.807) is 7.11 Å². The molecule has 0 aliphatic heterocycles. The fraction of sp³-hybridized carbons (Fsp3) is 1.00. The Balaban J connectivity index is 2.33. The maximum atomic E-state index is 6.25. The molecule has 0 amide bonds. The highest BCUT2D eigenvalue weighted by Crippen LogP contribution is 2.30. The largest absolute Gasteiger partial charge is 0.382 e. The van der Waals surface area contributed by atoms with Crippen molar-refractivity contribution >= 4 is 0 Å². The highest BCUT2D eigenvalue weighted by Gasteiger charge is 2.31. The normalized spacial score (nSPS) is 19.2. The third-order valence-corrected chi connectivity index (χ3v) is 3.91. The molecule has 1 saturated carbocycles. The van der Waals surface area contributed by atoms with E-state index in [0.717, 1.165) is 6.54 Å². The first-order chi connectivity index (χ1) is 9.68. The number of methoxy groups -OCH3 is 1. The van der Waals surface area contributed by atoms with Gasteiger partial charge in [0.05, 0.1) is 32.0 Å². The summed E-state index contributed by atoms with van der Waals surface area (Å²) in [7, 11) is 1.69. The van der Waals surface area contributed by atoms with Crippen LogP contribution in [0.3, 0.4) is 0 Å². The molecule has 0 aromatic carbocycles. The van der Waals surface area contributed by atoms with E-state index in [1.807, 2.05) is 0 Å². The molecule has 1 rings (SSSR count). The predicted octanol–water partition coefficient (Wildman–Crippen LogP) is 2.76. The summed E-state index contributed by atoms with van der Waals surface area (Å²) in [5.41, 5.74) is 0.0192. The fourth-order valence-corrected chi connectivity index (χ4v) is 2.70. The van der Waals surface area contributed by atoms with Crippen molar-refractivity contribution in [2.75, 3.05) is 40.1 Å². The Morgan fingerprint density at radius 1 is 0.950 bits per heavy atom. The molecule has 20 heavy (non-hydrogen) atoms. The van der Waals surface area contributed by atoms with Gasteiger partial charge < -0.3 is 19.5 Å². The molecule has 0 saturated heterocycles. The van der Waals surface area contributed by atoms with Crippen LogP contribution in [0.2, 0.25) is 0 Å². The lowest BCUT2D eigenvalue weighted by atomic mass is 9.93. The average Bonchev–Trinajstić information content (AvgIpc) is 2.67. The Labute approximate surface area is 124 Å². The van der Waals surface area contributed by atoms with Crippen molar-refractivity contribution in [3.63, 3.8) is 0 Å². The van der Waals surface area contributed by atoms with Gasteiger partial charge in [-0.2, -0.15) is 0 Å². The first-order valence-electron chi connectivity index (χ1n) is 8.12. The molecule has 4 heteroatoms. The lowest BCUT2D eigenvalue weighted by molar-refractivity contribution is -0.0784. The van der Waals surface area contributed by atoms with Gasteiger partial charge in [-0.15, -0.1) is 0 Å². The SMILES string of the molecule is COCCOCCOC1(CNC(C)C)CCCCCC1. The maximum absolute atomic E-state index is 6.25. The topological polar surface area (TPSA) is 39.7 Å². The molecule has 0 unspecified atom stereocenters. The van der Waals surface area contributed by atoms with E-state index in [-0.39, 0.29) is 5.60 Å². The molecule has 1 aliphatic rings. The van der Waals surface area contributed by atoms with Crippen molar-refractivity contribution < 1.29 is 14.2 Å². The Bertz CT molecular complexity index is 226. The van der Waals surface area contributed by atoms with Crippen LogP contribution in [0.1, 0.15) is 52.4 Å². The van der Waals surface area contributed by atoms with Crippen LogP contribution in [0.4, 0.5) is 0 Å². The molecule has 0 bridgehead atoms. The summed E-state index contributed by atoms with van der Waals surface area (Å²) in [5, 5.41) is 3.56. The second-order valence-corrected chi connectivity index (χ2v) is 6.09.